The number of hydrogen-bond donors (Lipinski definition) is 3. The van der Waals surface area contributed by atoms with Gasteiger partial charge in [-0.3, -0.25) is 0 Å². The van der Waals surface area contributed by atoms with Gasteiger partial charge in [-0.25, -0.2) is 10.9 Å². The number of rotatable bonds is 2. The van der Waals surface area contributed by atoms with Gasteiger partial charge >= 0.3 is 0 Å². The van der Waals surface area contributed by atoms with Gasteiger partial charge in [-0.2, -0.15) is 5.26 Å². The highest BCUT2D eigenvalue weighted by molar-refractivity contribution is 9.10. The average molecular weight is 411 g/mol. The zero-order valence-corrected chi connectivity index (χ0v) is 15.8. The summed E-state index contributed by atoms with van der Waals surface area (Å²) in [5.74, 6) is -0.00477. The first kappa shape index (κ1) is 17.1. The maximum Gasteiger partial charge on any atom is 0.200 e. The number of allylic oxidation sites excluding steroid dienone is 1. The monoisotopic (exact) mass is 410 g/mol. The van der Waals surface area contributed by atoms with Gasteiger partial charge < -0.3 is 10.5 Å². The van der Waals surface area contributed by atoms with Crippen LogP contribution in [0.2, 0.25) is 0 Å². The summed E-state index contributed by atoms with van der Waals surface area (Å²) in [5.41, 5.74) is 16.5. The Labute approximate surface area is 160 Å². The van der Waals surface area contributed by atoms with Gasteiger partial charge in [0.25, 0.3) is 0 Å². The highest BCUT2D eigenvalue weighted by atomic mass is 79.9. The van der Waals surface area contributed by atoms with Gasteiger partial charge in [0.05, 0.1) is 11.6 Å². The van der Waals surface area contributed by atoms with Crippen molar-refractivity contribution in [3.63, 3.8) is 0 Å². The number of benzene rings is 2. The van der Waals surface area contributed by atoms with Crippen LogP contribution in [-0.2, 0) is 4.74 Å². The van der Waals surface area contributed by atoms with Gasteiger partial charge in [0, 0.05) is 16.3 Å². The lowest BCUT2D eigenvalue weighted by Crippen LogP contribution is -2.41. The third-order valence-corrected chi connectivity index (χ3v) is 5.85. The maximum absolute atomic E-state index is 9.77. The van der Waals surface area contributed by atoms with E-state index in [1.807, 2.05) is 24.3 Å². The van der Waals surface area contributed by atoms with E-state index in [4.69, 9.17) is 10.5 Å². The summed E-state index contributed by atoms with van der Waals surface area (Å²) in [6, 6.07) is 18.7. The van der Waals surface area contributed by atoms with Crippen molar-refractivity contribution in [1.82, 2.24) is 10.9 Å². The third-order valence-electron chi connectivity index (χ3n) is 5.13. The van der Waals surface area contributed by atoms with E-state index in [2.05, 4.69) is 64.0 Å². The molecule has 4 N–H and O–H groups in total. The standard InChI is InChI=1S/C20H19BrN4O/c1-11-6-8-12(9-7-11)18-17-16(13-4-2-3-5-15(13)21)14(10-22)19(23)26-20(17)25-24-18/h2-9,16-18,20,24-25H,23H2,1H3. The van der Waals surface area contributed by atoms with Crippen molar-refractivity contribution in [3.05, 3.63) is 81.2 Å². The van der Waals surface area contributed by atoms with Gasteiger partial charge in [0.2, 0.25) is 5.88 Å². The van der Waals surface area contributed by atoms with Gasteiger partial charge in [-0.15, -0.1) is 0 Å². The van der Waals surface area contributed by atoms with Crippen molar-refractivity contribution in [1.29, 1.82) is 5.26 Å². The Bertz CT molecular complexity index is 903. The Balaban J connectivity index is 1.84. The molecule has 1 fully saturated rings. The molecular weight excluding hydrogens is 392 g/mol. The van der Waals surface area contributed by atoms with E-state index in [1.165, 1.54) is 5.56 Å². The van der Waals surface area contributed by atoms with E-state index in [9.17, 15) is 5.26 Å². The molecule has 2 aromatic carbocycles. The number of ether oxygens (including phenoxy) is 1. The SMILES string of the molecule is Cc1ccc(C2NNC3OC(N)=C(C#N)C(c4ccccc4Br)C32)cc1. The molecule has 0 aliphatic carbocycles. The summed E-state index contributed by atoms with van der Waals surface area (Å²) in [6.07, 6.45) is -0.310. The van der Waals surface area contributed by atoms with Crippen LogP contribution in [0.4, 0.5) is 0 Å². The molecule has 4 unspecified atom stereocenters. The second-order valence-corrected chi connectivity index (χ2v) is 7.54. The molecule has 2 aromatic rings. The number of nitriles is 1. The van der Waals surface area contributed by atoms with Crippen molar-refractivity contribution < 1.29 is 4.74 Å². The molecule has 4 rings (SSSR count). The molecule has 0 spiro atoms. The van der Waals surface area contributed by atoms with E-state index >= 15 is 0 Å². The minimum absolute atomic E-state index is 0.00541. The highest BCUT2D eigenvalue weighted by Crippen LogP contribution is 2.48. The van der Waals surface area contributed by atoms with Crippen LogP contribution < -0.4 is 16.6 Å². The normalized spacial score (nSPS) is 27.6. The number of hydrogen-bond acceptors (Lipinski definition) is 5. The molecule has 26 heavy (non-hydrogen) atoms. The molecule has 0 bridgehead atoms. The Morgan fingerprint density at radius 2 is 1.85 bits per heavy atom. The molecule has 5 nitrogen and oxygen atoms in total. The molecule has 2 aliphatic rings. The van der Waals surface area contributed by atoms with Crippen molar-refractivity contribution in [2.75, 3.05) is 0 Å². The van der Waals surface area contributed by atoms with E-state index in [0.29, 0.717) is 5.57 Å². The molecule has 0 amide bonds. The summed E-state index contributed by atoms with van der Waals surface area (Å²) >= 11 is 3.64. The molecule has 132 valence electrons. The summed E-state index contributed by atoms with van der Waals surface area (Å²) in [6.45, 7) is 2.07. The second-order valence-electron chi connectivity index (χ2n) is 6.68. The molecular formula is C20H19BrN4O. The lowest BCUT2D eigenvalue weighted by molar-refractivity contribution is 0.0340. The van der Waals surface area contributed by atoms with Crippen LogP contribution in [-0.4, -0.2) is 6.23 Å². The predicted octanol–water partition coefficient (Wildman–Crippen LogP) is 3.36. The first-order valence-corrected chi connectivity index (χ1v) is 9.28. The topological polar surface area (TPSA) is 83.1 Å². The first-order chi connectivity index (χ1) is 12.6. The van der Waals surface area contributed by atoms with E-state index in [1.54, 1.807) is 0 Å². The Kier molecular flexibility index (Phi) is 4.45. The molecule has 4 atom stereocenters. The summed E-state index contributed by atoms with van der Waals surface area (Å²) in [4.78, 5) is 0. The predicted molar refractivity (Wildman–Crippen MR) is 102 cm³/mol. The molecule has 6 heteroatoms. The fraction of sp³-hybridized carbons (Fsp3) is 0.250. The molecule has 0 saturated carbocycles. The smallest absolute Gasteiger partial charge is 0.200 e. The average Bonchev–Trinajstić information content (AvgIpc) is 3.05. The van der Waals surface area contributed by atoms with E-state index in [0.717, 1.165) is 15.6 Å². The molecule has 0 radical (unpaired) electrons. The number of halogens is 1. The Hall–Kier alpha value is -2.33. The van der Waals surface area contributed by atoms with Crippen LogP contribution in [0.25, 0.3) is 0 Å². The zero-order chi connectivity index (χ0) is 18.3. The second kappa shape index (κ2) is 6.76. The number of aryl methyl sites for hydroxylation is 1. The van der Waals surface area contributed by atoms with Crippen LogP contribution in [0, 0.1) is 24.2 Å². The van der Waals surface area contributed by atoms with Crippen molar-refractivity contribution in [3.8, 4) is 6.07 Å². The Morgan fingerprint density at radius 1 is 1.12 bits per heavy atom. The van der Waals surface area contributed by atoms with Gasteiger partial charge in [-0.05, 0) is 24.1 Å². The van der Waals surface area contributed by atoms with Gasteiger partial charge in [0.15, 0.2) is 6.23 Å². The minimum atomic E-state index is -0.310. The molecule has 1 saturated heterocycles. The number of fused-ring (bicyclic) bond motifs is 1. The molecule has 2 heterocycles. The van der Waals surface area contributed by atoms with Crippen LogP contribution in [0.1, 0.15) is 28.7 Å². The maximum atomic E-state index is 9.77. The largest absolute Gasteiger partial charge is 0.458 e. The quantitative estimate of drug-likeness (QED) is 0.706. The Morgan fingerprint density at radius 3 is 2.54 bits per heavy atom. The minimum Gasteiger partial charge on any atom is -0.458 e. The number of hydrazine groups is 1. The number of nitrogens with two attached hydrogens (primary N) is 1. The lowest BCUT2D eigenvalue weighted by Gasteiger charge is -2.36. The molecule has 2 aliphatic heterocycles. The fourth-order valence-corrected chi connectivity index (χ4v) is 4.39. The first-order valence-electron chi connectivity index (χ1n) is 8.48. The summed E-state index contributed by atoms with van der Waals surface area (Å²) < 4.78 is 6.79. The van der Waals surface area contributed by atoms with E-state index in [-0.39, 0.29) is 30.0 Å². The van der Waals surface area contributed by atoms with E-state index < -0.39 is 0 Å². The lowest BCUT2D eigenvalue weighted by atomic mass is 9.74. The third kappa shape index (κ3) is 2.78. The van der Waals surface area contributed by atoms with Crippen LogP contribution in [0.15, 0.2) is 64.5 Å². The van der Waals surface area contributed by atoms with Crippen LogP contribution >= 0.6 is 15.9 Å². The van der Waals surface area contributed by atoms with Crippen molar-refractivity contribution >= 4 is 15.9 Å². The van der Waals surface area contributed by atoms with Gasteiger partial charge in [0.1, 0.15) is 6.07 Å². The van der Waals surface area contributed by atoms with Crippen molar-refractivity contribution in [2.45, 2.75) is 25.1 Å². The summed E-state index contributed by atoms with van der Waals surface area (Å²) in [5, 5.41) is 9.77. The molecule has 0 aromatic heterocycles. The fourth-order valence-electron chi connectivity index (χ4n) is 3.85. The number of nitrogens with one attached hydrogen (secondary N) is 2. The van der Waals surface area contributed by atoms with Crippen molar-refractivity contribution in [2.24, 2.45) is 11.7 Å². The van der Waals surface area contributed by atoms with Gasteiger partial charge in [-0.1, -0.05) is 64.0 Å². The highest BCUT2D eigenvalue weighted by Gasteiger charge is 2.49. The van der Waals surface area contributed by atoms with Crippen LogP contribution in [0.3, 0.4) is 0 Å². The summed E-state index contributed by atoms with van der Waals surface area (Å²) in [7, 11) is 0. The number of nitrogens with zero attached hydrogens (tertiary/aromatic N) is 1. The van der Waals surface area contributed by atoms with Crippen LogP contribution in [0.5, 0.6) is 0 Å². The zero-order valence-electron chi connectivity index (χ0n) is 14.2.